The number of esters is 2. The van der Waals surface area contributed by atoms with E-state index >= 15 is 0 Å². The van der Waals surface area contributed by atoms with Crippen molar-refractivity contribution in [2.24, 2.45) is 0 Å². The molecule has 0 fully saturated rings. The van der Waals surface area contributed by atoms with Gasteiger partial charge in [0.1, 0.15) is 60.8 Å². The van der Waals surface area contributed by atoms with Gasteiger partial charge in [-0.15, -0.1) is 0 Å². The van der Waals surface area contributed by atoms with Crippen LogP contribution in [0.2, 0.25) is 0 Å². The maximum atomic E-state index is 13.2. The van der Waals surface area contributed by atoms with Crippen LogP contribution in [0.15, 0.2) is 115 Å². The Labute approximate surface area is 348 Å². The van der Waals surface area contributed by atoms with Crippen molar-refractivity contribution in [3.63, 3.8) is 0 Å². The van der Waals surface area contributed by atoms with Crippen molar-refractivity contribution < 1.29 is 57.1 Å². The predicted molar refractivity (Wildman–Crippen MR) is 218 cm³/mol. The van der Waals surface area contributed by atoms with Crippen molar-refractivity contribution in [1.82, 2.24) is 14.8 Å². The van der Waals surface area contributed by atoms with Gasteiger partial charge in [0.05, 0.1) is 28.4 Å². The molecule has 0 saturated heterocycles. The zero-order valence-corrected chi connectivity index (χ0v) is 33.9. The molecule has 314 valence electrons. The minimum Gasteiger partial charge on any atom is -0.497 e. The minimum absolute atomic E-state index is 0.157. The molecule has 5 aromatic rings. The SMILES string of the molecule is COc1ccc(CN(Cc2ccc(OC)cc2)C(=O)OCCOC(=O)c2cccc(C(=O)OCCOC(=O)N(Cc3ccc(OC)cc3)Cc3ccc(OC)cc3)n2)cc1. The number of carbonyl (C=O) groups excluding carboxylic acids is 4. The fraction of sp³-hybridized carbons (Fsp3) is 0.267. The van der Waals surface area contributed by atoms with E-state index in [2.05, 4.69) is 4.98 Å². The third-order valence-corrected chi connectivity index (χ3v) is 8.90. The van der Waals surface area contributed by atoms with Crippen LogP contribution in [0.1, 0.15) is 43.2 Å². The maximum absolute atomic E-state index is 13.2. The molecule has 1 heterocycles. The molecule has 0 unspecified atom stereocenters. The van der Waals surface area contributed by atoms with Crippen molar-refractivity contribution >= 4 is 24.1 Å². The van der Waals surface area contributed by atoms with E-state index in [9.17, 15) is 19.2 Å². The summed E-state index contributed by atoms with van der Waals surface area (Å²) in [5.41, 5.74) is 3.10. The lowest BCUT2D eigenvalue weighted by molar-refractivity contribution is 0.0331. The fourth-order valence-electron chi connectivity index (χ4n) is 5.69. The highest BCUT2D eigenvalue weighted by Crippen LogP contribution is 2.20. The second-order valence-corrected chi connectivity index (χ2v) is 13.0. The molecule has 0 N–H and O–H groups in total. The summed E-state index contributed by atoms with van der Waals surface area (Å²) in [5, 5.41) is 0. The van der Waals surface area contributed by atoms with E-state index < -0.39 is 24.1 Å². The zero-order valence-electron chi connectivity index (χ0n) is 33.9. The van der Waals surface area contributed by atoms with E-state index in [0.717, 1.165) is 22.3 Å². The Balaban J connectivity index is 1.09. The van der Waals surface area contributed by atoms with Gasteiger partial charge >= 0.3 is 24.1 Å². The molecule has 60 heavy (non-hydrogen) atoms. The predicted octanol–water partition coefficient (Wildman–Crippen LogP) is 7.11. The first-order valence-corrected chi connectivity index (χ1v) is 18.8. The summed E-state index contributed by atoms with van der Waals surface area (Å²) < 4.78 is 42.5. The molecule has 1 aromatic heterocycles. The van der Waals surface area contributed by atoms with Gasteiger partial charge in [0.2, 0.25) is 0 Å². The van der Waals surface area contributed by atoms with Crippen LogP contribution in [0.25, 0.3) is 0 Å². The largest absolute Gasteiger partial charge is 0.497 e. The molecule has 15 nitrogen and oxygen atoms in total. The Morgan fingerprint density at radius 3 is 0.933 bits per heavy atom. The van der Waals surface area contributed by atoms with E-state index in [1.807, 2.05) is 48.5 Å². The minimum atomic E-state index is -0.836. The standard InChI is InChI=1S/C45H47N3O12/c1-53-36-16-8-32(9-17-36)28-47(29-33-10-18-37(54-2)19-11-33)44(51)59-26-24-57-42(49)40-6-5-7-41(46-40)43(50)58-25-27-60-45(52)48(30-34-12-20-38(55-3)21-13-34)31-35-14-22-39(56-4)23-15-35/h5-23H,24-31H2,1-4H3. The van der Waals surface area contributed by atoms with Crippen LogP contribution in [-0.2, 0) is 45.1 Å². The third kappa shape index (κ3) is 13.4. The van der Waals surface area contributed by atoms with E-state index in [1.165, 1.54) is 28.0 Å². The van der Waals surface area contributed by atoms with Crippen LogP contribution in [0.4, 0.5) is 9.59 Å². The lowest BCUT2D eigenvalue weighted by Crippen LogP contribution is -2.31. The average molecular weight is 822 g/mol. The Hall–Kier alpha value is -7.29. The van der Waals surface area contributed by atoms with Crippen molar-refractivity contribution in [3.8, 4) is 23.0 Å². The van der Waals surface area contributed by atoms with Gasteiger partial charge in [-0.25, -0.2) is 24.2 Å². The Bertz CT molecular complexity index is 1900. The normalized spacial score (nSPS) is 10.5. The first-order chi connectivity index (χ1) is 29.2. The molecule has 0 bridgehead atoms. The van der Waals surface area contributed by atoms with Gasteiger partial charge in [0.15, 0.2) is 0 Å². The molecule has 0 saturated carbocycles. The van der Waals surface area contributed by atoms with E-state index in [1.54, 1.807) is 77.0 Å². The van der Waals surface area contributed by atoms with Crippen LogP contribution in [0.3, 0.4) is 0 Å². The highest BCUT2D eigenvalue weighted by molar-refractivity contribution is 5.91. The summed E-state index contributed by atoms with van der Waals surface area (Å²) in [6.07, 6.45) is -1.23. The molecular weight excluding hydrogens is 775 g/mol. The number of hydrogen-bond donors (Lipinski definition) is 0. The van der Waals surface area contributed by atoms with Crippen molar-refractivity contribution in [3.05, 3.63) is 149 Å². The summed E-state index contributed by atoms with van der Waals surface area (Å²) >= 11 is 0. The summed E-state index contributed by atoms with van der Waals surface area (Å²) in [6, 6.07) is 33.4. The van der Waals surface area contributed by atoms with Gasteiger partial charge in [-0.2, -0.15) is 0 Å². The quantitative estimate of drug-likeness (QED) is 0.0444. The molecule has 0 radical (unpaired) electrons. The molecule has 0 atom stereocenters. The van der Waals surface area contributed by atoms with Crippen molar-refractivity contribution in [2.45, 2.75) is 26.2 Å². The summed E-state index contributed by atoms with van der Waals surface area (Å²) in [4.78, 5) is 59.2. The lowest BCUT2D eigenvalue weighted by atomic mass is 10.1. The van der Waals surface area contributed by atoms with Gasteiger partial charge in [0.25, 0.3) is 0 Å². The number of rotatable bonds is 20. The summed E-state index contributed by atoms with van der Waals surface area (Å²) in [6.45, 7) is -0.00289. The third-order valence-electron chi connectivity index (χ3n) is 8.90. The molecule has 5 rings (SSSR count). The topological polar surface area (TPSA) is 161 Å². The molecule has 2 amide bonds. The number of benzene rings is 4. The average Bonchev–Trinajstić information content (AvgIpc) is 3.29. The van der Waals surface area contributed by atoms with Gasteiger partial charge in [0, 0.05) is 26.2 Å². The number of ether oxygens (including phenoxy) is 8. The van der Waals surface area contributed by atoms with Gasteiger partial charge in [-0.3, -0.25) is 9.80 Å². The second-order valence-electron chi connectivity index (χ2n) is 13.0. The van der Waals surface area contributed by atoms with Gasteiger partial charge in [-0.05, 0) is 82.9 Å². The molecular formula is C45H47N3O12. The van der Waals surface area contributed by atoms with Crippen LogP contribution in [-0.4, -0.2) is 93.8 Å². The number of pyridine rings is 1. The van der Waals surface area contributed by atoms with Crippen molar-refractivity contribution in [1.29, 1.82) is 0 Å². The van der Waals surface area contributed by atoms with E-state index in [4.69, 9.17) is 37.9 Å². The molecule has 15 heteroatoms. The number of amides is 2. The van der Waals surface area contributed by atoms with Gasteiger partial charge < -0.3 is 37.9 Å². The fourth-order valence-corrected chi connectivity index (χ4v) is 5.69. The summed E-state index contributed by atoms with van der Waals surface area (Å²) in [7, 11) is 6.30. The van der Waals surface area contributed by atoms with Crippen LogP contribution < -0.4 is 18.9 Å². The Morgan fingerprint density at radius 2 is 0.667 bits per heavy atom. The van der Waals surface area contributed by atoms with Crippen LogP contribution >= 0.6 is 0 Å². The van der Waals surface area contributed by atoms with E-state index in [0.29, 0.717) is 23.0 Å². The first-order valence-electron chi connectivity index (χ1n) is 18.8. The maximum Gasteiger partial charge on any atom is 0.410 e. The highest BCUT2D eigenvalue weighted by atomic mass is 16.6. The summed E-state index contributed by atoms with van der Waals surface area (Å²) in [5.74, 6) is 1.07. The second kappa shape index (κ2) is 22.6. The number of hydrogen-bond acceptors (Lipinski definition) is 13. The number of carbonyl (C=O) groups is 4. The lowest BCUT2D eigenvalue weighted by Gasteiger charge is -2.23. The highest BCUT2D eigenvalue weighted by Gasteiger charge is 2.20. The van der Waals surface area contributed by atoms with E-state index in [-0.39, 0.29) is 64.0 Å². The van der Waals surface area contributed by atoms with Gasteiger partial charge in [-0.1, -0.05) is 54.6 Å². The zero-order chi connectivity index (χ0) is 42.7. The van der Waals surface area contributed by atoms with Crippen molar-refractivity contribution in [2.75, 3.05) is 54.9 Å². The number of nitrogens with zero attached hydrogens (tertiary/aromatic N) is 3. The smallest absolute Gasteiger partial charge is 0.410 e. The number of aromatic nitrogens is 1. The number of methoxy groups -OCH3 is 4. The van der Waals surface area contributed by atoms with Crippen LogP contribution in [0.5, 0.6) is 23.0 Å². The molecule has 0 aliphatic rings. The Kier molecular flexibility index (Phi) is 16.5. The molecule has 0 aliphatic carbocycles. The monoisotopic (exact) mass is 821 g/mol. The molecule has 0 aliphatic heterocycles. The van der Waals surface area contributed by atoms with Crippen LogP contribution in [0, 0.1) is 0 Å². The first kappa shape index (κ1) is 43.8. The molecule has 0 spiro atoms. The Morgan fingerprint density at radius 1 is 0.400 bits per heavy atom. The molecule has 4 aromatic carbocycles.